The predicted octanol–water partition coefficient (Wildman–Crippen LogP) is 2.54. The van der Waals surface area contributed by atoms with Crippen LogP contribution in [0.4, 0.5) is 4.39 Å². The Kier molecular flexibility index (Phi) is 6.42. The summed E-state index contributed by atoms with van der Waals surface area (Å²) in [6, 6.07) is 4.62. The molecule has 1 N–H and O–H groups in total. The van der Waals surface area contributed by atoms with Gasteiger partial charge in [-0.25, -0.2) is 12.8 Å². The molecule has 0 bridgehead atoms. The molecule has 0 aliphatic heterocycles. The van der Waals surface area contributed by atoms with Crippen LogP contribution < -0.4 is 5.32 Å². The van der Waals surface area contributed by atoms with Gasteiger partial charge in [0.25, 0.3) is 0 Å². The van der Waals surface area contributed by atoms with Gasteiger partial charge in [0, 0.05) is 12.3 Å². The zero-order valence-corrected chi connectivity index (χ0v) is 13.5. The van der Waals surface area contributed by atoms with Crippen LogP contribution in [0.15, 0.2) is 22.7 Å². The van der Waals surface area contributed by atoms with Crippen molar-refractivity contribution in [3.05, 3.63) is 34.1 Å². The summed E-state index contributed by atoms with van der Waals surface area (Å²) in [4.78, 5) is 0. The molecule has 0 aromatic heterocycles. The first kappa shape index (κ1) is 16.6. The van der Waals surface area contributed by atoms with Gasteiger partial charge in [0.15, 0.2) is 0 Å². The summed E-state index contributed by atoms with van der Waals surface area (Å²) in [5.74, 6) is -0.230. The highest BCUT2D eigenvalue weighted by molar-refractivity contribution is 9.10. The first-order chi connectivity index (χ1) is 8.81. The number of nitrogens with one attached hydrogen (secondary N) is 1. The van der Waals surface area contributed by atoms with Gasteiger partial charge in [-0.15, -0.1) is 0 Å². The topological polar surface area (TPSA) is 46.2 Å². The fraction of sp³-hybridized carbons (Fsp3) is 0.538. The summed E-state index contributed by atoms with van der Waals surface area (Å²) in [5.41, 5.74) is 0.908. The van der Waals surface area contributed by atoms with E-state index >= 15 is 0 Å². The maximum atomic E-state index is 13.2. The predicted molar refractivity (Wildman–Crippen MR) is 79.6 cm³/mol. The van der Waals surface area contributed by atoms with Gasteiger partial charge in [0.05, 0.1) is 10.2 Å². The Balaban J connectivity index is 2.77. The minimum atomic E-state index is -3.04. The molecule has 0 saturated carbocycles. The summed E-state index contributed by atoms with van der Waals surface area (Å²) >= 11 is 3.14. The van der Waals surface area contributed by atoms with Gasteiger partial charge in [0.1, 0.15) is 15.7 Å². The number of benzene rings is 1. The summed E-state index contributed by atoms with van der Waals surface area (Å²) in [6.45, 7) is 2.79. The van der Waals surface area contributed by atoms with E-state index < -0.39 is 9.84 Å². The van der Waals surface area contributed by atoms with Crippen LogP contribution in [0.2, 0.25) is 0 Å². The van der Waals surface area contributed by atoms with E-state index in [0.29, 0.717) is 10.9 Å². The monoisotopic (exact) mass is 351 g/mol. The van der Waals surface area contributed by atoms with Crippen molar-refractivity contribution in [1.82, 2.24) is 5.32 Å². The average Bonchev–Trinajstić information content (AvgIpc) is 2.29. The van der Waals surface area contributed by atoms with E-state index in [0.717, 1.165) is 18.5 Å². The molecule has 108 valence electrons. The van der Waals surface area contributed by atoms with Crippen molar-refractivity contribution >= 4 is 25.8 Å². The zero-order chi connectivity index (χ0) is 14.5. The zero-order valence-electron chi connectivity index (χ0n) is 11.1. The van der Waals surface area contributed by atoms with E-state index in [2.05, 4.69) is 21.2 Å². The molecule has 1 rings (SSSR count). The van der Waals surface area contributed by atoms with Crippen LogP contribution >= 0.6 is 15.9 Å². The third-order valence-electron chi connectivity index (χ3n) is 2.65. The van der Waals surface area contributed by atoms with E-state index in [1.807, 2.05) is 6.92 Å². The average molecular weight is 352 g/mol. The van der Waals surface area contributed by atoms with Crippen LogP contribution in [0.3, 0.4) is 0 Å². The van der Waals surface area contributed by atoms with E-state index in [9.17, 15) is 12.8 Å². The Bertz CT molecular complexity index is 519. The molecule has 0 heterocycles. The Hall–Kier alpha value is -0.460. The maximum absolute atomic E-state index is 13.2. The minimum Gasteiger partial charge on any atom is -0.313 e. The molecule has 1 aromatic rings. The van der Waals surface area contributed by atoms with E-state index in [-0.39, 0.29) is 17.6 Å². The largest absolute Gasteiger partial charge is 0.313 e. The van der Waals surface area contributed by atoms with Crippen LogP contribution in [-0.4, -0.2) is 33.0 Å². The Morgan fingerprint density at radius 3 is 2.63 bits per heavy atom. The third kappa shape index (κ3) is 6.49. The fourth-order valence-corrected chi connectivity index (χ4v) is 3.25. The van der Waals surface area contributed by atoms with Gasteiger partial charge < -0.3 is 5.32 Å². The molecule has 19 heavy (non-hydrogen) atoms. The molecule has 0 saturated heterocycles. The lowest BCUT2D eigenvalue weighted by Gasteiger charge is -2.18. The molecule has 0 fully saturated rings. The van der Waals surface area contributed by atoms with Gasteiger partial charge >= 0.3 is 0 Å². The van der Waals surface area contributed by atoms with Gasteiger partial charge in [0.2, 0.25) is 0 Å². The number of hydrogen-bond donors (Lipinski definition) is 1. The van der Waals surface area contributed by atoms with E-state index in [1.165, 1.54) is 12.3 Å². The second kappa shape index (κ2) is 7.36. The van der Waals surface area contributed by atoms with Crippen molar-refractivity contribution in [3.8, 4) is 0 Å². The van der Waals surface area contributed by atoms with Crippen molar-refractivity contribution in [3.63, 3.8) is 0 Å². The lowest BCUT2D eigenvalue weighted by atomic mass is 10.1. The van der Waals surface area contributed by atoms with Crippen molar-refractivity contribution in [2.75, 3.05) is 18.6 Å². The molecule has 0 aliphatic rings. The van der Waals surface area contributed by atoms with Gasteiger partial charge in [-0.3, -0.25) is 0 Å². The highest BCUT2D eigenvalue weighted by Gasteiger charge is 2.15. The highest BCUT2D eigenvalue weighted by atomic mass is 79.9. The molecule has 0 amide bonds. The van der Waals surface area contributed by atoms with Gasteiger partial charge in [-0.05, 0) is 53.0 Å². The molecule has 6 heteroatoms. The summed E-state index contributed by atoms with van der Waals surface area (Å²) in [6.07, 6.45) is 2.73. The Morgan fingerprint density at radius 1 is 1.42 bits per heavy atom. The molecule has 1 atom stereocenters. The lowest BCUT2D eigenvalue weighted by Crippen LogP contribution is -2.37. The molecule has 0 spiro atoms. The number of hydrogen-bond acceptors (Lipinski definition) is 3. The number of halogens is 2. The van der Waals surface area contributed by atoms with E-state index in [4.69, 9.17) is 0 Å². The van der Waals surface area contributed by atoms with Crippen molar-refractivity contribution in [2.24, 2.45) is 0 Å². The first-order valence-electron chi connectivity index (χ1n) is 6.17. The standard InChI is InChI=1S/C13H19BrFNO2S/c1-3-6-16-11(9-19(2,17)18)7-10-4-5-13(15)12(14)8-10/h4-5,8,11,16H,3,6-7,9H2,1-2H3. The molecule has 1 aromatic carbocycles. The Morgan fingerprint density at radius 2 is 2.11 bits per heavy atom. The first-order valence-corrected chi connectivity index (χ1v) is 9.02. The van der Waals surface area contributed by atoms with Gasteiger partial charge in [-0.2, -0.15) is 0 Å². The van der Waals surface area contributed by atoms with Crippen molar-refractivity contribution in [2.45, 2.75) is 25.8 Å². The molecule has 3 nitrogen and oxygen atoms in total. The normalized spacial score (nSPS) is 13.5. The summed E-state index contributed by atoms with van der Waals surface area (Å²) in [7, 11) is -3.04. The second-order valence-corrected chi connectivity index (χ2v) is 7.74. The van der Waals surface area contributed by atoms with Crippen molar-refractivity contribution in [1.29, 1.82) is 0 Å². The van der Waals surface area contributed by atoms with Crippen LogP contribution in [0, 0.1) is 5.82 Å². The summed E-state index contributed by atoms with van der Waals surface area (Å²) in [5, 5.41) is 3.22. The highest BCUT2D eigenvalue weighted by Crippen LogP contribution is 2.18. The van der Waals surface area contributed by atoms with Crippen molar-refractivity contribution < 1.29 is 12.8 Å². The lowest BCUT2D eigenvalue weighted by molar-refractivity contribution is 0.529. The Labute approximate surface area is 122 Å². The molecular formula is C13H19BrFNO2S. The molecule has 0 radical (unpaired) electrons. The SMILES string of the molecule is CCCNC(Cc1ccc(F)c(Br)c1)CS(C)(=O)=O. The van der Waals surface area contributed by atoms with Crippen LogP contribution in [0.1, 0.15) is 18.9 Å². The minimum absolute atomic E-state index is 0.0853. The number of rotatable bonds is 7. The molecular weight excluding hydrogens is 333 g/mol. The number of sulfone groups is 1. The summed E-state index contributed by atoms with van der Waals surface area (Å²) < 4.78 is 36.4. The quantitative estimate of drug-likeness (QED) is 0.820. The van der Waals surface area contributed by atoms with Crippen LogP contribution in [0.25, 0.3) is 0 Å². The molecule has 0 aliphatic carbocycles. The fourth-order valence-electron chi connectivity index (χ4n) is 1.86. The van der Waals surface area contributed by atoms with E-state index in [1.54, 1.807) is 12.1 Å². The van der Waals surface area contributed by atoms with Crippen LogP contribution in [-0.2, 0) is 16.3 Å². The smallest absolute Gasteiger partial charge is 0.148 e. The van der Waals surface area contributed by atoms with Gasteiger partial charge in [-0.1, -0.05) is 13.0 Å². The van der Waals surface area contributed by atoms with Crippen LogP contribution in [0.5, 0.6) is 0 Å². The molecule has 1 unspecified atom stereocenters. The second-order valence-electron chi connectivity index (χ2n) is 4.70. The maximum Gasteiger partial charge on any atom is 0.148 e. The third-order valence-corrected chi connectivity index (χ3v) is 4.27.